The van der Waals surface area contributed by atoms with Gasteiger partial charge in [-0.15, -0.1) is 0 Å². The Hall–Kier alpha value is -2.36. The van der Waals surface area contributed by atoms with E-state index in [-0.39, 0.29) is 11.8 Å². The van der Waals surface area contributed by atoms with Crippen LogP contribution in [0.5, 0.6) is 11.5 Å². The molecule has 0 saturated carbocycles. The van der Waals surface area contributed by atoms with Gasteiger partial charge in [-0.3, -0.25) is 9.59 Å². The van der Waals surface area contributed by atoms with Crippen molar-refractivity contribution in [2.75, 3.05) is 40.5 Å². The summed E-state index contributed by atoms with van der Waals surface area (Å²) in [5.41, 5.74) is 7.23. The van der Waals surface area contributed by atoms with E-state index in [2.05, 4.69) is 31.4 Å². The molecule has 1 aromatic rings. The molecule has 206 valence electrons. The highest BCUT2D eigenvalue weighted by Crippen LogP contribution is 2.37. The first-order valence-electron chi connectivity index (χ1n) is 12.8. The molecule has 0 saturated heterocycles. The molecule has 0 bridgehead atoms. The molecule has 0 fully saturated rings. The van der Waals surface area contributed by atoms with E-state index in [1.54, 1.807) is 27.2 Å². The Morgan fingerprint density at radius 1 is 1.03 bits per heavy atom. The number of methoxy groups -OCH3 is 2. The number of hydrogen-bond donors (Lipinski definition) is 4. The van der Waals surface area contributed by atoms with Crippen molar-refractivity contribution >= 4 is 11.8 Å². The quantitative estimate of drug-likeness (QED) is 0.237. The molecule has 0 spiro atoms. The van der Waals surface area contributed by atoms with Crippen LogP contribution in [0.4, 0.5) is 0 Å². The summed E-state index contributed by atoms with van der Waals surface area (Å²) in [5.74, 6) is 0.274. The molecule has 0 aromatic heterocycles. The van der Waals surface area contributed by atoms with Crippen LogP contribution in [0.3, 0.4) is 0 Å². The lowest BCUT2D eigenvalue weighted by atomic mass is 9.77. The lowest BCUT2D eigenvalue weighted by Crippen LogP contribution is -2.46. The Kier molecular flexibility index (Phi) is 14.4. The maximum Gasteiger partial charge on any atom is 0.223 e. The smallest absolute Gasteiger partial charge is 0.223 e. The predicted octanol–water partition coefficient (Wildman–Crippen LogP) is 2.45. The van der Waals surface area contributed by atoms with E-state index in [9.17, 15) is 14.7 Å². The molecule has 0 aliphatic carbocycles. The molecule has 9 heteroatoms. The zero-order chi connectivity index (χ0) is 27.3. The van der Waals surface area contributed by atoms with Crippen LogP contribution in [0.15, 0.2) is 18.2 Å². The van der Waals surface area contributed by atoms with Crippen molar-refractivity contribution in [1.82, 2.24) is 10.6 Å². The van der Waals surface area contributed by atoms with Crippen LogP contribution >= 0.6 is 0 Å². The second-order valence-electron chi connectivity index (χ2n) is 9.81. The number of ether oxygens (including phenoxy) is 3. The van der Waals surface area contributed by atoms with Gasteiger partial charge in [-0.05, 0) is 36.0 Å². The minimum absolute atomic E-state index is 0.160. The first kappa shape index (κ1) is 31.7. The van der Waals surface area contributed by atoms with E-state index in [0.29, 0.717) is 62.5 Å². The monoisotopic (exact) mass is 509 g/mol. The number of nitrogens with two attached hydrogens (primary N) is 1. The van der Waals surface area contributed by atoms with Gasteiger partial charge < -0.3 is 35.7 Å². The number of aliphatic hydroxyl groups excluding tert-OH is 1. The summed E-state index contributed by atoms with van der Waals surface area (Å²) in [7, 11) is 3.21. The molecular weight excluding hydrogens is 462 g/mol. The average Bonchev–Trinajstić information content (AvgIpc) is 2.84. The zero-order valence-corrected chi connectivity index (χ0v) is 23.0. The van der Waals surface area contributed by atoms with Gasteiger partial charge in [0.25, 0.3) is 0 Å². The molecule has 5 N–H and O–H groups in total. The second kappa shape index (κ2) is 16.4. The SMILES string of the molecule is COCCCOc1cc(C([C@@H](C)C(=O)NCCNC(C)=O)[C@H](O)[C@@H](N)C[C@H](C)C(C)C)ccc1OC. The normalized spacial score (nSPS) is 15.5. The van der Waals surface area contributed by atoms with Crippen LogP contribution in [0, 0.1) is 17.8 Å². The zero-order valence-electron chi connectivity index (χ0n) is 23.0. The molecule has 1 aromatic carbocycles. The fourth-order valence-corrected chi connectivity index (χ4v) is 4.04. The number of carbonyl (C=O) groups is 2. The minimum atomic E-state index is -0.961. The van der Waals surface area contributed by atoms with Crippen LogP contribution in [-0.2, 0) is 14.3 Å². The number of rotatable bonds is 17. The molecule has 0 heterocycles. The lowest BCUT2D eigenvalue weighted by molar-refractivity contribution is -0.126. The molecule has 0 aliphatic heterocycles. The molecule has 5 atom stereocenters. The van der Waals surface area contributed by atoms with Gasteiger partial charge >= 0.3 is 0 Å². The van der Waals surface area contributed by atoms with Gasteiger partial charge in [-0.25, -0.2) is 0 Å². The Morgan fingerprint density at radius 3 is 2.28 bits per heavy atom. The van der Waals surface area contributed by atoms with Crippen molar-refractivity contribution in [2.24, 2.45) is 23.5 Å². The number of nitrogens with one attached hydrogen (secondary N) is 2. The van der Waals surface area contributed by atoms with Gasteiger partial charge in [0.2, 0.25) is 11.8 Å². The minimum Gasteiger partial charge on any atom is -0.493 e. The van der Waals surface area contributed by atoms with E-state index >= 15 is 0 Å². The van der Waals surface area contributed by atoms with Gasteiger partial charge in [0.1, 0.15) is 0 Å². The Labute approximate surface area is 216 Å². The van der Waals surface area contributed by atoms with E-state index in [4.69, 9.17) is 19.9 Å². The van der Waals surface area contributed by atoms with Crippen molar-refractivity contribution in [3.63, 3.8) is 0 Å². The molecule has 9 nitrogen and oxygen atoms in total. The third-order valence-corrected chi connectivity index (χ3v) is 6.66. The second-order valence-corrected chi connectivity index (χ2v) is 9.81. The highest BCUT2D eigenvalue weighted by molar-refractivity contribution is 5.79. The van der Waals surface area contributed by atoms with Gasteiger partial charge in [-0.2, -0.15) is 0 Å². The van der Waals surface area contributed by atoms with Crippen LogP contribution in [0.1, 0.15) is 58.9 Å². The maximum atomic E-state index is 13.1. The summed E-state index contributed by atoms with van der Waals surface area (Å²) in [6.45, 7) is 11.2. The largest absolute Gasteiger partial charge is 0.493 e. The lowest BCUT2D eigenvalue weighted by Gasteiger charge is -2.34. The van der Waals surface area contributed by atoms with Crippen LogP contribution in [0.2, 0.25) is 0 Å². The molecule has 0 aliphatic rings. The summed E-state index contributed by atoms with van der Waals surface area (Å²) < 4.78 is 16.5. The van der Waals surface area contributed by atoms with Crippen molar-refractivity contribution in [2.45, 2.75) is 65.5 Å². The van der Waals surface area contributed by atoms with Crippen molar-refractivity contribution < 1.29 is 28.9 Å². The first-order valence-corrected chi connectivity index (χ1v) is 12.8. The molecule has 2 amide bonds. The van der Waals surface area contributed by atoms with Crippen LogP contribution in [0.25, 0.3) is 0 Å². The summed E-state index contributed by atoms with van der Waals surface area (Å²) in [6, 6.07) is 4.92. The van der Waals surface area contributed by atoms with E-state index in [1.165, 1.54) is 6.92 Å². The van der Waals surface area contributed by atoms with Crippen LogP contribution < -0.4 is 25.8 Å². The van der Waals surface area contributed by atoms with E-state index in [1.807, 2.05) is 12.1 Å². The van der Waals surface area contributed by atoms with Crippen molar-refractivity contribution in [3.8, 4) is 11.5 Å². The highest BCUT2D eigenvalue weighted by Gasteiger charge is 2.36. The summed E-state index contributed by atoms with van der Waals surface area (Å²) in [4.78, 5) is 24.2. The third kappa shape index (κ3) is 10.3. The maximum absolute atomic E-state index is 13.1. The molecule has 0 radical (unpaired) electrons. The van der Waals surface area contributed by atoms with Gasteiger partial charge in [0, 0.05) is 58.0 Å². The highest BCUT2D eigenvalue weighted by atomic mass is 16.5. The Bertz CT molecular complexity index is 804. The van der Waals surface area contributed by atoms with Crippen molar-refractivity contribution in [3.05, 3.63) is 23.8 Å². The number of amides is 2. The average molecular weight is 510 g/mol. The Morgan fingerprint density at radius 2 is 1.69 bits per heavy atom. The van der Waals surface area contributed by atoms with Crippen molar-refractivity contribution in [1.29, 1.82) is 0 Å². The first-order chi connectivity index (χ1) is 17.0. The van der Waals surface area contributed by atoms with E-state index in [0.717, 1.165) is 5.56 Å². The third-order valence-electron chi connectivity index (χ3n) is 6.66. The number of carbonyl (C=O) groups excluding carboxylic acids is 2. The van der Waals surface area contributed by atoms with Crippen LogP contribution in [-0.4, -0.2) is 69.6 Å². The molecule has 1 rings (SSSR count). The Balaban J connectivity index is 3.22. The summed E-state index contributed by atoms with van der Waals surface area (Å²) >= 11 is 0. The number of benzene rings is 1. The topological polar surface area (TPSA) is 132 Å². The number of aliphatic hydroxyl groups is 1. The van der Waals surface area contributed by atoms with E-state index < -0.39 is 24.0 Å². The van der Waals surface area contributed by atoms with Gasteiger partial charge in [0.15, 0.2) is 11.5 Å². The standard InChI is InChI=1S/C27H47N3O6/c1-17(2)18(3)15-22(28)26(32)25(19(4)27(33)30-12-11-29-20(5)31)21-9-10-23(35-7)24(16-21)36-14-8-13-34-6/h9-10,16-19,22,25-26,32H,8,11-15,28H2,1-7H3,(H,29,31)(H,30,33)/t18-,19+,22-,25?,26+/m0/s1. The van der Waals surface area contributed by atoms with Gasteiger partial charge in [0.05, 0.1) is 19.8 Å². The fraction of sp³-hybridized carbons (Fsp3) is 0.704. The summed E-state index contributed by atoms with van der Waals surface area (Å²) in [5, 5.41) is 16.9. The fourth-order valence-electron chi connectivity index (χ4n) is 4.04. The number of hydrogen-bond acceptors (Lipinski definition) is 7. The summed E-state index contributed by atoms with van der Waals surface area (Å²) in [6.07, 6.45) is 0.376. The molecule has 36 heavy (non-hydrogen) atoms. The molecular formula is C27H47N3O6. The van der Waals surface area contributed by atoms with Gasteiger partial charge in [-0.1, -0.05) is 33.8 Å². The predicted molar refractivity (Wildman–Crippen MR) is 141 cm³/mol. The molecule has 1 unspecified atom stereocenters.